The summed E-state index contributed by atoms with van der Waals surface area (Å²) in [5, 5.41) is 4.23. The zero-order chi connectivity index (χ0) is 15.7. The molecule has 0 radical (unpaired) electrons. The second-order valence-corrected chi connectivity index (χ2v) is 6.07. The van der Waals surface area contributed by atoms with E-state index in [1.54, 1.807) is 7.11 Å². The van der Waals surface area contributed by atoms with E-state index in [9.17, 15) is 0 Å². The van der Waals surface area contributed by atoms with Crippen molar-refractivity contribution < 1.29 is 4.74 Å². The molecule has 1 aliphatic rings. The van der Waals surface area contributed by atoms with Crippen LogP contribution >= 0.6 is 12.2 Å². The maximum absolute atomic E-state index is 5.61. The average molecular weight is 312 g/mol. The summed E-state index contributed by atoms with van der Waals surface area (Å²) < 4.78 is 5.39. The molecule has 2 aromatic carbocycles. The molecular weight excluding hydrogens is 292 g/mol. The van der Waals surface area contributed by atoms with Crippen LogP contribution in [0.3, 0.4) is 0 Å². The second kappa shape index (κ2) is 5.97. The number of anilines is 1. The lowest BCUT2D eigenvalue weighted by Crippen LogP contribution is -2.49. The molecule has 0 amide bonds. The van der Waals surface area contributed by atoms with Gasteiger partial charge in [-0.2, -0.15) is 0 Å². The van der Waals surface area contributed by atoms with Gasteiger partial charge in [0, 0.05) is 17.7 Å². The number of methoxy groups -OCH3 is 1. The molecular formula is C18H20N2OS. The summed E-state index contributed by atoms with van der Waals surface area (Å²) in [4.78, 5) is 2.15. The number of nitrogens with one attached hydrogen (secondary N) is 1. The molecule has 22 heavy (non-hydrogen) atoms. The van der Waals surface area contributed by atoms with Gasteiger partial charge in [0.15, 0.2) is 5.11 Å². The molecule has 114 valence electrons. The van der Waals surface area contributed by atoms with E-state index in [1.165, 1.54) is 11.1 Å². The van der Waals surface area contributed by atoms with Crippen molar-refractivity contribution in [2.75, 3.05) is 12.0 Å². The fourth-order valence-corrected chi connectivity index (χ4v) is 3.33. The normalized spacial score (nSPS) is 17.2. The second-order valence-electron chi connectivity index (χ2n) is 5.68. The number of ether oxygens (including phenoxy) is 1. The van der Waals surface area contributed by atoms with Crippen molar-refractivity contribution in [1.82, 2.24) is 5.32 Å². The van der Waals surface area contributed by atoms with Crippen LogP contribution in [0.25, 0.3) is 0 Å². The van der Waals surface area contributed by atoms with E-state index < -0.39 is 0 Å². The summed E-state index contributed by atoms with van der Waals surface area (Å²) in [5.41, 5.74) is 3.54. The average Bonchev–Trinajstić information content (AvgIpc) is 2.53. The lowest BCUT2D eigenvalue weighted by Gasteiger charge is -2.40. The Labute approximate surface area is 136 Å². The first kappa shape index (κ1) is 14.9. The molecule has 1 N–H and O–H groups in total. The Morgan fingerprint density at radius 2 is 1.86 bits per heavy atom. The topological polar surface area (TPSA) is 24.5 Å². The number of rotatable bonds is 3. The van der Waals surface area contributed by atoms with Gasteiger partial charge in [-0.05, 0) is 37.7 Å². The van der Waals surface area contributed by atoms with Crippen molar-refractivity contribution in [2.24, 2.45) is 0 Å². The minimum absolute atomic E-state index is 0.0737. The van der Waals surface area contributed by atoms with E-state index in [2.05, 4.69) is 60.5 Å². The molecule has 0 aliphatic carbocycles. The summed E-state index contributed by atoms with van der Waals surface area (Å²) in [5.74, 6) is 0.848. The molecule has 0 aromatic heterocycles. The van der Waals surface area contributed by atoms with Gasteiger partial charge in [-0.1, -0.05) is 36.4 Å². The summed E-state index contributed by atoms with van der Waals surface area (Å²) in [6.07, 6.45) is 0. The predicted molar refractivity (Wildman–Crippen MR) is 94.6 cm³/mol. The molecule has 4 heteroatoms. The molecule has 0 spiro atoms. The van der Waals surface area contributed by atoms with Crippen LogP contribution in [0.5, 0.6) is 5.75 Å². The van der Waals surface area contributed by atoms with Gasteiger partial charge >= 0.3 is 0 Å². The highest BCUT2D eigenvalue weighted by Gasteiger charge is 2.30. The van der Waals surface area contributed by atoms with Gasteiger partial charge in [0.1, 0.15) is 5.75 Å². The van der Waals surface area contributed by atoms with Crippen LogP contribution in [0.1, 0.15) is 31.0 Å². The standard InChI is InChI=1S/C18H20N2OS/c1-12(2)20-16-11-14(21-3)9-10-15(16)17(19-18(20)22)13-7-5-4-6-8-13/h4-12,17H,1-3H3,(H,19,22). The van der Waals surface area contributed by atoms with Crippen LogP contribution in [-0.4, -0.2) is 18.3 Å². The van der Waals surface area contributed by atoms with Gasteiger partial charge in [-0.3, -0.25) is 0 Å². The van der Waals surface area contributed by atoms with Gasteiger partial charge in [-0.15, -0.1) is 0 Å². The Kier molecular flexibility index (Phi) is 4.03. The maximum atomic E-state index is 5.61. The molecule has 2 aromatic rings. The van der Waals surface area contributed by atoms with Crippen LogP contribution in [0.2, 0.25) is 0 Å². The van der Waals surface area contributed by atoms with Crippen molar-refractivity contribution in [3.63, 3.8) is 0 Å². The number of fused-ring (bicyclic) bond motifs is 1. The highest BCUT2D eigenvalue weighted by atomic mass is 32.1. The summed E-state index contributed by atoms with van der Waals surface area (Å²) in [6, 6.07) is 16.9. The zero-order valence-corrected chi connectivity index (χ0v) is 13.9. The highest BCUT2D eigenvalue weighted by Crippen LogP contribution is 2.38. The largest absolute Gasteiger partial charge is 0.497 e. The van der Waals surface area contributed by atoms with Crippen LogP contribution in [-0.2, 0) is 0 Å². The lowest BCUT2D eigenvalue weighted by molar-refractivity contribution is 0.414. The smallest absolute Gasteiger partial charge is 0.174 e. The molecule has 1 heterocycles. The van der Waals surface area contributed by atoms with E-state index in [4.69, 9.17) is 17.0 Å². The van der Waals surface area contributed by atoms with Crippen LogP contribution in [0.4, 0.5) is 5.69 Å². The number of thiocarbonyl (C=S) groups is 1. The van der Waals surface area contributed by atoms with E-state index in [0.29, 0.717) is 0 Å². The number of hydrogen-bond acceptors (Lipinski definition) is 2. The minimum Gasteiger partial charge on any atom is -0.497 e. The van der Waals surface area contributed by atoms with Gasteiger partial charge in [0.05, 0.1) is 18.8 Å². The summed E-state index contributed by atoms with van der Waals surface area (Å²) in [6.45, 7) is 4.28. The Balaban J connectivity index is 2.14. The lowest BCUT2D eigenvalue weighted by atomic mass is 9.94. The van der Waals surface area contributed by atoms with Crippen LogP contribution < -0.4 is 15.0 Å². The van der Waals surface area contributed by atoms with Gasteiger partial charge in [0.2, 0.25) is 0 Å². The number of nitrogens with zero attached hydrogens (tertiary/aromatic N) is 1. The van der Waals surface area contributed by atoms with Crippen molar-refractivity contribution in [3.05, 3.63) is 59.7 Å². The Morgan fingerprint density at radius 1 is 1.14 bits per heavy atom. The van der Waals surface area contributed by atoms with Crippen LogP contribution in [0, 0.1) is 0 Å². The van der Waals surface area contributed by atoms with Crippen molar-refractivity contribution in [3.8, 4) is 5.75 Å². The Hall–Kier alpha value is -2.07. The minimum atomic E-state index is 0.0737. The molecule has 3 rings (SSSR count). The first-order chi connectivity index (χ1) is 10.6. The third kappa shape index (κ3) is 2.55. The molecule has 0 saturated carbocycles. The first-order valence-corrected chi connectivity index (χ1v) is 7.85. The van der Waals surface area contributed by atoms with Crippen LogP contribution in [0.15, 0.2) is 48.5 Å². The zero-order valence-electron chi connectivity index (χ0n) is 13.0. The molecule has 1 unspecified atom stereocenters. The van der Waals surface area contributed by atoms with E-state index >= 15 is 0 Å². The summed E-state index contributed by atoms with van der Waals surface area (Å²) >= 11 is 5.61. The fraction of sp³-hybridized carbons (Fsp3) is 0.278. The molecule has 1 aliphatic heterocycles. The monoisotopic (exact) mass is 312 g/mol. The van der Waals surface area contributed by atoms with Gasteiger partial charge in [-0.25, -0.2) is 0 Å². The summed E-state index contributed by atoms with van der Waals surface area (Å²) in [7, 11) is 1.69. The van der Waals surface area contributed by atoms with E-state index in [0.717, 1.165) is 16.5 Å². The Morgan fingerprint density at radius 3 is 2.50 bits per heavy atom. The quantitative estimate of drug-likeness (QED) is 0.869. The fourth-order valence-electron chi connectivity index (χ4n) is 2.90. The van der Waals surface area contributed by atoms with Gasteiger partial charge in [0.25, 0.3) is 0 Å². The molecule has 3 nitrogen and oxygen atoms in total. The first-order valence-electron chi connectivity index (χ1n) is 7.44. The SMILES string of the molecule is COc1ccc2c(c1)N(C(C)C)C(=S)NC2c1ccccc1. The molecule has 0 bridgehead atoms. The van der Waals surface area contributed by atoms with E-state index in [-0.39, 0.29) is 12.1 Å². The van der Waals surface area contributed by atoms with Crippen molar-refractivity contribution in [2.45, 2.75) is 25.9 Å². The number of benzene rings is 2. The van der Waals surface area contributed by atoms with Crippen molar-refractivity contribution >= 4 is 23.0 Å². The molecule has 1 atom stereocenters. The van der Waals surface area contributed by atoms with E-state index in [1.807, 2.05) is 12.1 Å². The maximum Gasteiger partial charge on any atom is 0.174 e. The Bertz CT molecular complexity index is 685. The highest BCUT2D eigenvalue weighted by molar-refractivity contribution is 7.80. The third-order valence-electron chi connectivity index (χ3n) is 3.94. The molecule has 0 saturated heterocycles. The predicted octanol–water partition coefficient (Wildman–Crippen LogP) is 3.89. The molecule has 0 fully saturated rings. The van der Waals surface area contributed by atoms with Crippen molar-refractivity contribution in [1.29, 1.82) is 0 Å². The number of hydrogen-bond donors (Lipinski definition) is 1. The van der Waals surface area contributed by atoms with Gasteiger partial charge < -0.3 is 15.0 Å². The third-order valence-corrected chi connectivity index (χ3v) is 4.26.